The Kier molecular flexibility index (Phi) is 6.59. The molecule has 2 N–H and O–H groups in total. The van der Waals surface area contributed by atoms with E-state index in [1.807, 2.05) is 24.4 Å². The van der Waals surface area contributed by atoms with Crippen LogP contribution in [0.5, 0.6) is 0 Å². The molecule has 0 aliphatic heterocycles. The van der Waals surface area contributed by atoms with E-state index in [9.17, 15) is 4.79 Å². The van der Waals surface area contributed by atoms with Crippen molar-refractivity contribution in [2.75, 3.05) is 0 Å². The molecule has 4 heteroatoms. The number of rotatable bonds is 7. The molecule has 0 saturated heterocycles. The fourth-order valence-corrected chi connectivity index (χ4v) is 4.66. The summed E-state index contributed by atoms with van der Waals surface area (Å²) >= 11 is 0. The van der Waals surface area contributed by atoms with Crippen molar-refractivity contribution in [3.63, 3.8) is 0 Å². The first kappa shape index (κ1) is 23.1. The average Bonchev–Trinajstić information content (AvgIpc) is 3.39. The van der Waals surface area contributed by atoms with Crippen LogP contribution in [-0.4, -0.2) is 21.3 Å². The van der Waals surface area contributed by atoms with E-state index in [0.29, 0.717) is 0 Å². The molecule has 0 atom stereocenters. The first-order valence-electron chi connectivity index (χ1n) is 12.0. The van der Waals surface area contributed by atoms with Gasteiger partial charge in [0.2, 0.25) is 0 Å². The molecule has 176 valence electrons. The van der Waals surface area contributed by atoms with E-state index in [-0.39, 0.29) is 0 Å². The number of hydrogen-bond acceptors (Lipinski definition) is 2. The minimum absolute atomic E-state index is 0.837. The highest BCUT2D eigenvalue weighted by atomic mass is 16.4. The van der Waals surface area contributed by atoms with Gasteiger partial charge in [-0.2, -0.15) is 5.10 Å². The van der Waals surface area contributed by atoms with Gasteiger partial charge in [-0.25, -0.2) is 4.79 Å². The zero-order valence-electron chi connectivity index (χ0n) is 20.0. The first-order chi connectivity index (χ1) is 17.6. The molecule has 0 radical (unpaired) electrons. The summed E-state index contributed by atoms with van der Waals surface area (Å²) in [5, 5.41) is 17.3. The highest BCUT2D eigenvalue weighted by Crippen LogP contribution is 2.39. The van der Waals surface area contributed by atoms with Crippen molar-refractivity contribution in [2.24, 2.45) is 0 Å². The van der Waals surface area contributed by atoms with E-state index >= 15 is 0 Å². The van der Waals surface area contributed by atoms with Gasteiger partial charge in [0.25, 0.3) is 0 Å². The number of aromatic nitrogens is 2. The monoisotopic (exact) mass is 470 g/mol. The normalized spacial score (nSPS) is 12.1. The molecular weight excluding hydrogens is 444 g/mol. The highest BCUT2D eigenvalue weighted by molar-refractivity contribution is 6.03. The van der Waals surface area contributed by atoms with Crippen molar-refractivity contribution >= 4 is 34.1 Å². The lowest BCUT2D eigenvalue weighted by molar-refractivity contribution is -0.131. The second-order valence-corrected chi connectivity index (χ2v) is 8.58. The lowest BCUT2D eigenvalue weighted by Gasteiger charge is -2.19. The van der Waals surface area contributed by atoms with Gasteiger partial charge in [0.15, 0.2) is 0 Å². The van der Waals surface area contributed by atoms with Crippen LogP contribution in [0.4, 0.5) is 0 Å². The molecule has 36 heavy (non-hydrogen) atoms. The van der Waals surface area contributed by atoms with Crippen LogP contribution in [0.1, 0.15) is 35.6 Å². The van der Waals surface area contributed by atoms with Crippen molar-refractivity contribution in [3.05, 3.63) is 132 Å². The maximum Gasteiger partial charge on any atom is 0.328 e. The van der Waals surface area contributed by atoms with Gasteiger partial charge in [0.05, 0.1) is 11.7 Å². The fraction of sp³-hybridized carbons (Fsp3) is 0.0625. The van der Waals surface area contributed by atoms with Gasteiger partial charge < -0.3 is 5.11 Å². The Morgan fingerprint density at radius 2 is 1.61 bits per heavy atom. The Morgan fingerprint density at radius 3 is 2.36 bits per heavy atom. The Hall–Kier alpha value is -4.70. The van der Waals surface area contributed by atoms with Crippen molar-refractivity contribution in [1.29, 1.82) is 0 Å². The molecule has 5 aromatic rings. The molecule has 0 unspecified atom stereocenters. The number of carboxylic acids is 1. The molecule has 0 bridgehead atoms. The second-order valence-electron chi connectivity index (χ2n) is 8.58. The van der Waals surface area contributed by atoms with Crippen LogP contribution in [-0.2, 0) is 4.79 Å². The summed E-state index contributed by atoms with van der Waals surface area (Å²) in [7, 11) is 0. The van der Waals surface area contributed by atoms with Crippen LogP contribution in [0, 0.1) is 0 Å². The molecule has 0 spiro atoms. The predicted octanol–water partition coefficient (Wildman–Crippen LogP) is 7.70. The van der Waals surface area contributed by atoms with E-state index in [1.165, 1.54) is 22.3 Å². The predicted molar refractivity (Wildman–Crippen MR) is 147 cm³/mol. The number of nitrogens with zero attached hydrogens (tertiary/aromatic N) is 1. The summed E-state index contributed by atoms with van der Waals surface area (Å²) in [6.45, 7) is 2.19. The lowest BCUT2D eigenvalue weighted by atomic mass is 9.84. The van der Waals surface area contributed by atoms with Gasteiger partial charge >= 0.3 is 5.97 Å². The smallest absolute Gasteiger partial charge is 0.328 e. The number of benzene rings is 4. The third-order valence-electron chi connectivity index (χ3n) is 6.34. The van der Waals surface area contributed by atoms with Gasteiger partial charge in [-0.05, 0) is 69.2 Å². The maximum atomic E-state index is 10.9. The zero-order valence-corrected chi connectivity index (χ0v) is 20.0. The number of carboxylic acid groups (broad SMARTS) is 1. The van der Waals surface area contributed by atoms with Crippen LogP contribution in [0.2, 0.25) is 0 Å². The largest absolute Gasteiger partial charge is 0.478 e. The summed E-state index contributed by atoms with van der Waals surface area (Å²) in [5.74, 6) is -0.959. The first-order valence-corrected chi connectivity index (χ1v) is 12.0. The Balaban J connectivity index is 1.74. The van der Waals surface area contributed by atoms with Crippen molar-refractivity contribution in [1.82, 2.24) is 10.2 Å². The van der Waals surface area contributed by atoms with Crippen molar-refractivity contribution in [3.8, 4) is 11.1 Å². The van der Waals surface area contributed by atoms with Crippen molar-refractivity contribution < 1.29 is 9.90 Å². The maximum absolute atomic E-state index is 10.9. The molecule has 4 aromatic carbocycles. The molecule has 0 saturated carbocycles. The minimum atomic E-state index is -0.959. The summed E-state index contributed by atoms with van der Waals surface area (Å²) in [5.41, 5.74) is 9.98. The van der Waals surface area contributed by atoms with E-state index in [4.69, 9.17) is 5.11 Å². The number of fused-ring (bicyclic) bond motifs is 1. The summed E-state index contributed by atoms with van der Waals surface area (Å²) in [6.07, 6.45) is 5.45. The van der Waals surface area contributed by atoms with Crippen LogP contribution in [0.25, 0.3) is 39.3 Å². The minimum Gasteiger partial charge on any atom is -0.478 e. The SMILES string of the molecule is CCC(=C(c1ccc(C=CC(=O)O)cc1)c1ccc2[nH]ncc2c1)c1ccccc1-c1ccccc1. The number of aromatic amines is 1. The molecule has 0 fully saturated rings. The lowest BCUT2D eigenvalue weighted by Crippen LogP contribution is -1.97. The van der Waals surface area contributed by atoms with Crippen molar-refractivity contribution in [2.45, 2.75) is 13.3 Å². The molecule has 0 aliphatic rings. The third-order valence-corrected chi connectivity index (χ3v) is 6.34. The Morgan fingerprint density at radius 1 is 0.889 bits per heavy atom. The number of allylic oxidation sites excluding steroid dienone is 1. The highest BCUT2D eigenvalue weighted by Gasteiger charge is 2.17. The average molecular weight is 471 g/mol. The van der Waals surface area contributed by atoms with Crippen LogP contribution in [0.15, 0.2) is 109 Å². The van der Waals surface area contributed by atoms with E-state index in [2.05, 4.69) is 96.0 Å². The van der Waals surface area contributed by atoms with Crippen LogP contribution >= 0.6 is 0 Å². The second kappa shape index (κ2) is 10.3. The van der Waals surface area contributed by atoms with Gasteiger partial charge in [-0.15, -0.1) is 0 Å². The Bertz CT molecular complexity index is 1580. The van der Waals surface area contributed by atoms with E-state index in [1.54, 1.807) is 6.08 Å². The summed E-state index contributed by atoms with van der Waals surface area (Å²) in [6, 6.07) is 33.4. The van der Waals surface area contributed by atoms with Crippen LogP contribution in [0.3, 0.4) is 0 Å². The van der Waals surface area contributed by atoms with Gasteiger partial charge in [-0.3, -0.25) is 5.10 Å². The number of nitrogens with one attached hydrogen (secondary N) is 1. The van der Waals surface area contributed by atoms with E-state index in [0.717, 1.165) is 45.7 Å². The number of hydrogen-bond donors (Lipinski definition) is 2. The molecule has 1 heterocycles. The Labute approximate surface area is 210 Å². The summed E-state index contributed by atoms with van der Waals surface area (Å²) < 4.78 is 0. The molecule has 4 nitrogen and oxygen atoms in total. The number of aliphatic carboxylic acids is 1. The van der Waals surface area contributed by atoms with Gasteiger partial charge in [0.1, 0.15) is 0 Å². The molecular formula is C32H26N2O2. The third kappa shape index (κ3) is 4.75. The standard InChI is InChI=1S/C32H26N2O2/c1-2-27(29-11-7-6-10-28(29)23-8-4-3-5-9-23)32(25-17-18-30-26(20-25)21-33-34-30)24-15-12-22(13-16-24)14-19-31(35)36/h3-21H,2H2,1H3,(H,33,34)(H,35,36). The molecule has 0 amide bonds. The number of carbonyl (C=O) groups is 1. The van der Waals surface area contributed by atoms with Gasteiger partial charge in [-0.1, -0.05) is 91.9 Å². The quantitative estimate of drug-likeness (QED) is 0.189. The number of H-pyrrole nitrogens is 1. The zero-order chi connectivity index (χ0) is 24.9. The molecule has 5 rings (SSSR count). The fourth-order valence-electron chi connectivity index (χ4n) is 4.66. The van der Waals surface area contributed by atoms with Gasteiger partial charge in [0, 0.05) is 11.5 Å². The van der Waals surface area contributed by atoms with E-state index < -0.39 is 5.97 Å². The topological polar surface area (TPSA) is 66.0 Å². The molecule has 0 aliphatic carbocycles. The summed E-state index contributed by atoms with van der Waals surface area (Å²) in [4.78, 5) is 10.9. The van der Waals surface area contributed by atoms with Crippen LogP contribution < -0.4 is 0 Å². The molecule has 1 aromatic heterocycles.